The van der Waals surface area contributed by atoms with Gasteiger partial charge < -0.3 is 0 Å². The maximum absolute atomic E-state index is 13.6. The number of para-hydroxylation sites is 1. The highest BCUT2D eigenvalue weighted by Crippen LogP contribution is 2.35. The average molecular weight is 416 g/mol. The molecule has 1 atom stereocenters. The molecule has 4 nitrogen and oxygen atoms in total. The Labute approximate surface area is 181 Å². The highest BCUT2D eigenvalue weighted by atomic mass is 32.2. The smallest absolute Gasteiger partial charge is 0.244 e. The number of aryl methyl sites for hydroxylation is 3. The van der Waals surface area contributed by atoms with Crippen molar-refractivity contribution >= 4 is 28.6 Å². The second-order valence-electron chi connectivity index (χ2n) is 8.35. The van der Waals surface area contributed by atoms with E-state index in [1.165, 1.54) is 40.4 Å². The molecule has 0 fully saturated rings. The Kier molecular flexibility index (Phi) is 5.12. The molecule has 2 heterocycles. The highest BCUT2D eigenvalue weighted by molar-refractivity contribution is 8.00. The second kappa shape index (κ2) is 7.92. The van der Waals surface area contributed by atoms with Gasteiger partial charge in [0.2, 0.25) is 5.91 Å². The zero-order valence-corrected chi connectivity index (χ0v) is 18.1. The van der Waals surface area contributed by atoms with E-state index in [2.05, 4.69) is 24.3 Å². The third-order valence-corrected chi connectivity index (χ3v) is 7.51. The van der Waals surface area contributed by atoms with E-state index in [0.717, 1.165) is 56.2 Å². The van der Waals surface area contributed by atoms with E-state index in [1.54, 1.807) is 0 Å². The van der Waals surface area contributed by atoms with Crippen LogP contribution in [0.15, 0.2) is 35.4 Å². The number of hydrogen-bond donors (Lipinski definition) is 0. The summed E-state index contributed by atoms with van der Waals surface area (Å²) in [6.45, 7) is 1.94. The van der Waals surface area contributed by atoms with Crippen molar-refractivity contribution in [2.24, 2.45) is 0 Å². The van der Waals surface area contributed by atoms with Gasteiger partial charge in [-0.1, -0.05) is 30.0 Å². The Bertz CT molecular complexity index is 1190. The first-order chi connectivity index (χ1) is 14.7. The molecular formula is C25H25N3OS. The molecule has 2 aliphatic carbocycles. The van der Waals surface area contributed by atoms with Crippen LogP contribution in [-0.4, -0.2) is 20.7 Å². The number of carbonyl (C=O) groups excluding carboxylic acids is 1. The summed E-state index contributed by atoms with van der Waals surface area (Å²) in [5.41, 5.74) is 6.43. The van der Waals surface area contributed by atoms with Crippen molar-refractivity contribution in [2.75, 3.05) is 0 Å². The fraction of sp³-hybridized carbons (Fsp3) is 0.400. The molecule has 2 aromatic heterocycles. The number of benzene rings is 1. The van der Waals surface area contributed by atoms with Crippen LogP contribution in [0.25, 0.3) is 10.9 Å². The van der Waals surface area contributed by atoms with Crippen molar-refractivity contribution in [3.63, 3.8) is 0 Å². The van der Waals surface area contributed by atoms with Gasteiger partial charge in [0.1, 0.15) is 11.1 Å². The molecule has 0 N–H and O–H groups in total. The quantitative estimate of drug-likeness (QED) is 0.531. The minimum absolute atomic E-state index is 0.0859. The van der Waals surface area contributed by atoms with Gasteiger partial charge in [-0.2, -0.15) is 5.26 Å². The van der Waals surface area contributed by atoms with Crippen molar-refractivity contribution in [1.29, 1.82) is 5.26 Å². The van der Waals surface area contributed by atoms with Gasteiger partial charge in [0.05, 0.1) is 16.3 Å². The number of aromatic nitrogens is 2. The number of rotatable bonds is 3. The summed E-state index contributed by atoms with van der Waals surface area (Å²) in [5.74, 6) is 0.0859. The summed E-state index contributed by atoms with van der Waals surface area (Å²) in [5, 5.41) is 11.3. The van der Waals surface area contributed by atoms with Gasteiger partial charge in [-0.15, -0.1) is 0 Å². The predicted molar refractivity (Wildman–Crippen MR) is 120 cm³/mol. The maximum atomic E-state index is 13.6. The SMILES string of the molecule is CC(Sc1nc2c(cc1C#N)CCCC2)C(=O)n1c2c(c3ccccc31)CCCC2. The van der Waals surface area contributed by atoms with Gasteiger partial charge in [-0.05, 0) is 81.5 Å². The first-order valence-electron chi connectivity index (χ1n) is 10.9. The molecule has 5 rings (SSSR count). The molecule has 3 aromatic rings. The van der Waals surface area contributed by atoms with E-state index in [9.17, 15) is 10.1 Å². The molecule has 0 aliphatic heterocycles. The summed E-state index contributed by atoms with van der Waals surface area (Å²) in [4.78, 5) is 18.4. The summed E-state index contributed by atoms with van der Waals surface area (Å²) in [6, 6.07) is 12.6. The van der Waals surface area contributed by atoms with Crippen molar-refractivity contribution in [3.8, 4) is 6.07 Å². The first kappa shape index (κ1) is 19.4. The molecule has 1 unspecified atom stereocenters. The fourth-order valence-electron chi connectivity index (χ4n) is 4.93. The third kappa shape index (κ3) is 3.24. The second-order valence-corrected chi connectivity index (χ2v) is 9.68. The molecule has 0 saturated heterocycles. The van der Waals surface area contributed by atoms with Crippen molar-refractivity contribution < 1.29 is 4.79 Å². The normalized spacial score (nSPS) is 16.5. The van der Waals surface area contributed by atoms with Crippen molar-refractivity contribution in [1.82, 2.24) is 9.55 Å². The summed E-state index contributed by atoms with van der Waals surface area (Å²) >= 11 is 1.43. The van der Waals surface area contributed by atoms with Gasteiger partial charge in [0, 0.05) is 16.8 Å². The van der Waals surface area contributed by atoms with Gasteiger partial charge in [0.25, 0.3) is 0 Å². The van der Waals surface area contributed by atoms with Crippen LogP contribution in [0.5, 0.6) is 0 Å². The highest BCUT2D eigenvalue weighted by Gasteiger charge is 2.27. The standard InChI is InChI=1S/C25H25N3OS/c1-16(30-24-18(15-26)14-17-8-2-5-11-21(17)27-24)25(29)28-22-12-6-3-9-19(22)20-10-4-7-13-23(20)28/h3,6,9,12,14,16H,2,4-5,7-8,10-11,13H2,1H3. The van der Waals surface area contributed by atoms with Crippen LogP contribution in [0, 0.1) is 11.3 Å². The van der Waals surface area contributed by atoms with Gasteiger partial charge in [0.15, 0.2) is 0 Å². The zero-order valence-electron chi connectivity index (χ0n) is 17.3. The number of hydrogen-bond acceptors (Lipinski definition) is 4. The Morgan fingerprint density at radius 3 is 2.77 bits per heavy atom. The lowest BCUT2D eigenvalue weighted by Gasteiger charge is -2.19. The van der Waals surface area contributed by atoms with Crippen LogP contribution >= 0.6 is 11.8 Å². The molecular weight excluding hydrogens is 390 g/mol. The molecule has 0 spiro atoms. The van der Waals surface area contributed by atoms with E-state index < -0.39 is 0 Å². The Balaban J connectivity index is 1.51. The minimum Gasteiger partial charge on any atom is -0.283 e. The molecule has 0 radical (unpaired) electrons. The van der Waals surface area contributed by atoms with Crippen LogP contribution in [0.2, 0.25) is 0 Å². The van der Waals surface area contributed by atoms with Crippen molar-refractivity contribution in [3.05, 3.63) is 58.4 Å². The van der Waals surface area contributed by atoms with E-state index >= 15 is 0 Å². The number of nitrogens with zero attached hydrogens (tertiary/aromatic N) is 3. The fourth-order valence-corrected chi connectivity index (χ4v) is 5.87. The number of carbonyl (C=O) groups is 1. The summed E-state index contributed by atoms with van der Waals surface area (Å²) < 4.78 is 1.95. The Morgan fingerprint density at radius 2 is 1.90 bits per heavy atom. The molecule has 0 saturated carbocycles. The monoisotopic (exact) mass is 415 g/mol. The first-order valence-corrected chi connectivity index (χ1v) is 11.8. The van der Waals surface area contributed by atoms with Gasteiger partial charge >= 0.3 is 0 Å². The van der Waals surface area contributed by atoms with Gasteiger partial charge in [-0.25, -0.2) is 4.98 Å². The number of thioether (sulfide) groups is 1. The topological polar surface area (TPSA) is 58.7 Å². The van der Waals surface area contributed by atoms with Crippen molar-refractivity contribution in [2.45, 2.75) is 68.6 Å². The Hall–Kier alpha value is -2.58. The lowest BCUT2D eigenvalue weighted by atomic mass is 9.95. The largest absolute Gasteiger partial charge is 0.283 e. The lowest BCUT2D eigenvalue weighted by molar-refractivity contribution is 0.0917. The number of pyridine rings is 1. The predicted octanol–water partition coefficient (Wildman–Crippen LogP) is 5.49. The zero-order chi connectivity index (χ0) is 20.7. The third-order valence-electron chi connectivity index (χ3n) is 6.42. The van der Waals surface area contributed by atoms with E-state index in [1.807, 2.05) is 23.6 Å². The Morgan fingerprint density at radius 1 is 1.13 bits per heavy atom. The minimum atomic E-state index is -0.312. The molecule has 0 bridgehead atoms. The van der Waals surface area contributed by atoms with Gasteiger partial charge in [-0.3, -0.25) is 9.36 Å². The molecule has 5 heteroatoms. The van der Waals surface area contributed by atoms with E-state index in [-0.39, 0.29) is 11.2 Å². The lowest BCUT2D eigenvalue weighted by Crippen LogP contribution is -2.24. The maximum Gasteiger partial charge on any atom is 0.244 e. The molecule has 2 aliphatic rings. The van der Waals surface area contributed by atoms with Crippen LogP contribution in [0.4, 0.5) is 0 Å². The van der Waals surface area contributed by atoms with Crippen LogP contribution < -0.4 is 0 Å². The summed E-state index contributed by atoms with van der Waals surface area (Å²) in [6.07, 6.45) is 8.58. The van der Waals surface area contributed by atoms with Crippen LogP contribution in [0.3, 0.4) is 0 Å². The number of fused-ring (bicyclic) bond motifs is 4. The van der Waals surface area contributed by atoms with E-state index in [0.29, 0.717) is 10.6 Å². The van der Waals surface area contributed by atoms with Crippen LogP contribution in [-0.2, 0) is 25.7 Å². The molecule has 0 amide bonds. The van der Waals surface area contributed by atoms with Crippen LogP contribution in [0.1, 0.15) is 65.5 Å². The number of nitriles is 1. The summed E-state index contributed by atoms with van der Waals surface area (Å²) in [7, 11) is 0. The molecule has 30 heavy (non-hydrogen) atoms. The van der Waals surface area contributed by atoms with E-state index in [4.69, 9.17) is 4.98 Å². The average Bonchev–Trinajstić information content (AvgIpc) is 3.12. The molecule has 152 valence electrons. The molecule has 1 aromatic carbocycles.